The average molecular weight is 292 g/mol. The first-order valence-corrected chi connectivity index (χ1v) is 8.24. The van der Waals surface area contributed by atoms with Gasteiger partial charge in [0.1, 0.15) is 0 Å². The largest absolute Gasteiger partial charge is 0.308 e. The molecule has 0 spiro atoms. The number of aromatic nitrogens is 4. The van der Waals surface area contributed by atoms with Gasteiger partial charge in [-0.05, 0) is 43.7 Å². The maximum Gasteiger partial charge on any atom is 0.188 e. The highest BCUT2D eigenvalue weighted by Crippen LogP contribution is 2.45. The van der Waals surface area contributed by atoms with E-state index in [0.717, 1.165) is 44.2 Å². The second-order valence-electron chi connectivity index (χ2n) is 7.02. The maximum absolute atomic E-state index is 4.38. The van der Waals surface area contributed by atoms with Crippen molar-refractivity contribution in [3.63, 3.8) is 0 Å². The van der Waals surface area contributed by atoms with Crippen LogP contribution in [-0.4, -0.2) is 49.3 Å². The second-order valence-corrected chi connectivity index (χ2v) is 7.02. The first-order valence-electron chi connectivity index (χ1n) is 8.24. The molecule has 118 valence electrons. The lowest BCUT2D eigenvalue weighted by Crippen LogP contribution is -2.69. The van der Waals surface area contributed by atoms with Crippen LogP contribution in [0.15, 0.2) is 0 Å². The van der Waals surface area contributed by atoms with E-state index in [2.05, 4.69) is 46.4 Å². The Morgan fingerprint density at radius 3 is 2.52 bits per heavy atom. The van der Waals surface area contributed by atoms with Gasteiger partial charge >= 0.3 is 0 Å². The lowest BCUT2D eigenvalue weighted by Gasteiger charge is -2.53. The molecule has 2 fully saturated rings. The van der Waals surface area contributed by atoms with Crippen molar-refractivity contribution in [3.8, 4) is 0 Å². The molecular weight excluding hydrogens is 264 g/mol. The Labute approximate surface area is 127 Å². The Bertz CT molecular complexity index is 490. The van der Waals surface area contributed by atoms with Crippen molar-refractivity contribution < 1.29 is 0 Å². The van der Waals surface area contributed by atoms with Crippen LogP contribution in [0.4, 0.5) is 0 Å². The summed E-state index contributed by atoms with van der Waals surface area (Å²) < 4.78 is 0. The van der Waals surface area contributed by atoms with Crippen LogP contribution in [0.2, 0.25) is 0 Å². The average Bonchev–Trinajstić information content (AvgIpc) is 3.26. The first-order chi connectivity index (χ1) is 10.0. The summed E-state index contributed by atoms with van der Waals surface area (Å²) in [6.45, 7) is 9.93. The van der Waals surface area contributed by atoms with E-state index in [4.69, 9.17) is 0 Å². The van der Waals surface area contributed by atoms with Crippen molar-refractivity contribution in [2.24, 2.45) is 13.0 Å². The summed E-state index contributed by atoms with van der Waals surface area (Å²) in [7, 11) is 1.83. The summed E-state index contributed by atoms with van der Waals surface area (Å²) in [5.41, 5.74) is 0.462. The van der Waals surface area contributed by atoms with Crippen LogP contribution in [0.25, 0.3) is 0 Å². The first kappa shape index (κ1) is 14.9. The zero-order chi connectivity index (χ0) is 15.1. The Morgan fingerprint density at radius 1 is 1.29 bits per heavy atom. The fraction of sp³-hybridized carbons (Fsp3) is 0.933. The molecule has 0 bridgehead atoms. The van der Waals surface area contributed by atoms with Gasteiger partial charge in [0.15, 0.2) is 5.82 Å². The van der Waals surface area contributed by atoms with E-state index < -0.39 is 0 Å². The summed E-state index contributed by atoms with van der Waals surface area (Å²) in [5.74, 6) is 1.65. The molecule has 1 saturated carbocycles. The van der Waals surface area contributed by atoms with Crippen molar-refractivity contribution in [1.29, 1.82) is 0 Å². The quantitative estimate of drug-likeness (QED) is 0.887. The van der Waals surface area contributed by atoms with Gasteiger partial charge in [-0.1, -0.05) is 13.8 Å². The van der Waals surface area contributed by atoms with E-state index in [1.54, 1.807) is 4.80 Å². The molecular formula is C15H28N6. The minimum absolute atomic E-state index is 0.229. The van der Waals surface area contributed by atoms with Crippen molar-refractivity contribution in [3.05, 3.63) is 5.82 Å². The third-order valence-corrected chi connectivity index (χ3v) is 5.73. The molecule has 1 aromatic rings. The van der Waals surface area contributed by atoms with Crippen LogP contribution in [0, 0.1) is 5.92 Å². The van der Waals surface area contributed by atoms with E-state index in [9.17, 15) is 0 Å². The SMILES string of the molecule is CCC1(CC)CN(Cc2nnn(C)n2)C(C)(C2CC2)CN1. The van der Waals surface area contributed by atoms with Crippen molar-refractivity contribution >= 4 is 0 Å². The summed E-state index contributed by atoms with van der Waals surface area (Å²) >= 11 is 0. The summed E-state index contributed by atoms with van der Waals surface area (Å²) in [6, 6.07) is 0. The van der Waals surface area contributed by atoms with E-state index in [-0.39, 0.29) is 11.1 Å². The molecule has 3 rings (SSSR count). The Morgan fingerprint density at radius 2 is 2.00 bits per heavy atom. The van der Waals surface area contributed by atoms with Crippen LogP contribution in [-0.2, 0) is 13.6 Å². The molecule has 2 aliphatic rings. The number of tetrazole rings is 1. The summed E-state index contributed by atoms with van der Waals surface area (Å²) in [6.07, 6.45) is 5.03. The van der Waals surface area contributed by atoms with E-state index >= 15 is 0 Å². The number of nitrogens with one attached hydrogen (secondary N) is 1. The molecule has 0 amide bonds. The molecule has 1 aliphatic carbocycles. The molecule has 21 heavy (non-hydrogen) atoms. The van der Waals surface area contributed by atoms with Gasteiger partial charge in [0.05, 0.1) is 13.6 Å². The molecule has 1 aromatic heterocycles. The Kier molecular flexibility index (Phi) is 3.78. The molecule has 6 nitrogen and oxygen atoms in total. The van der Waals surface area contributed by atoms with Gasteiger partial charge in [0.2, 0.25) is 0 Å². The van der Waals surface area contributed by atoms with Crippen LogP contribution < -0.4 is 5.32 Å². The summed E-state index contributed by atoms with van der Waals surface area (Å²) in [5, 5.41) is 16.4. The number of rotatable bonds is 5. The zero-order valence-corrected chi connectivity index (χ0v) is 13.8. The number of piperazine rings is 1. The molecule has 6 heteroatoms. The van der Waals surface area contributed by atoms with E-state index in [0.29, 0.717) is 0 Å². The smallest absolute Gasteiger partial charge is 0.188 e. The monoisotopic (exact) mass is 292 g/mol. The molecule has 1 aliphatic heterocycles. The van der Waals surface area contributed by atoms with Crippen LogP contribution in [0.5, 0.6) is 0 Å². The van der Waals surface area contributed by atoms with E-state index in [1.165, 1.54) is 12.8 Å². The van der Waals surface area contributed by atoms with Gasteiger partial charge in [0.25, 0.3) is 0 Å². The predicted octanol–water partition coefficient (Wildman–Crippen LogP) is 1.34. The lowest BCUT2D eigenvalue weighted by molar-refractivity contribution is -0.0102. The van der Waals surface area contributed by atoms with Crippen LogP contribution in [0.1, 0.15) is 52.3 Å². The molecule has 2 heterocycles. The third kappa shape index (κ3) is 2.71. The highest BCUT2D eigenvalue weighted by Gasteiger charge is 2.51. The standard InChI is InChI=1S/C15H28N6/c1-5-15(6-2)11-21(9-13-17-19-20(4)18-13)14(3,10-16-15)12-7-8-12/h12,16H,5-11H2,1-4H3. The second kappa shape index (κ2) is 5.32. The van der Waals surface area contributed by atoms with Crippen LogP contribution >= 0.6 is 0 Å². The van der Waals surface area contributed by atoms with E-state index in [1.807, 2.05) is 7.05 Å². The number of aryl methyl sites for hydroxylation is 1. The highest BCUT2D eigenvalue weighted by molar-refractivity contribution is 5.09. The van der Waals surface area contributed by atoms with Gasteiger partial charge in [-0.25, -0.2) is 0 Å². The Balaban J connectivity index is 1.82. The van der Waals surface area contributed by atoms with Crippen molar-refractivity contribution in [2.75, 3.05) is 13.1 Å². The fourth-order valence-corrected chi connectivity index (χ4v) is 3.71. The third-order valence-electron chi connectivity index (χ3n) is 5.73. The molecule has 1 unspecified atom stereocenters. The number of hydrogen-bond acceptors (Lipinski definition) is 5. The number of hydrogen-bond donors (Lipinski definition) is 1. The highest BCUT2D eigenvalue weighted by atomic mass is 15.6. The Hall–Kier alpha value is -1.01. The van der Waals surface area contributed by atoms with Gasteiger partial charge in [-0.15, -0.1) is 10.2 Å². The zero-order valence-electron chi connectivity index (χ0n) is 13.8. The maximum atomic E-state index is 4.38. The molecule has 0 aromatic carbocycles. The van der Waals surface area contributed by atoms with Gasteiger partial charge in [0, 0.05) is 24.2 Å². The minimum Gasteiger partial charge on any atom is -0.308 e. The lowest BCUT2D eigenvalue weighted by atomic mass is 9.82. The number of nitrogens with zero attached hydrogens (tertiary/aromatic N) is 5. The summed E-state index contributed by atoms with van der Waals surface area (Å²) in [4.78, 5) is 4.17. The topological polar surface area (TPSA) is 58.9 Å². The van der Waals surface area contributed by atoms with Gasteiger partial charge in [-0.3, -0.25) is 4.90 Å². The molecule has 0 radical (unpaired) electrons. The van der Waals surface area contributed by atoms with Crippen LogP contribution in [0.3, 0.4) is 0 Å². The van der Waals surface area contributed by atoms with Gasteiger partial charge < -0.3 is 5.32 Å². The van der Waals surface area contributed by atoms with Crippen molar-refractivity contribution in [1.82, 2.24) is 30.4 Å². The fourth-order valence-electron chi connectivity index (χ4n) is 3.71. The molecule has 1 atom stereocenters. The molecule has 1 saturated heterocycles. The predicted molar refractivity (Wildman–Crippen MR) is 81.7 cm³/mol. The minimum atomic E-state index is 0.229. The van der Waals surface area contributed by atoms with Crippen molar-refractivity contribution in [2.45, 2.75) is 64.1 Å². The normalized spacial score (nSPS) is 29.7. The van der Waals surface area contributed by atoms with Gasteiger partial charge in [-0.2, -0.15) is 4.80 Å². The molecule has 1 N–H and O–H groups in total.